The Hall–Kier alpha value is -0.410. The van der Waals surface area contributed by atoms with E-state index in [1.807, 2.05) is 6.92 Å². The summed E-state index contributed by atoms with van der Waals surface area (Å²) in [6.45, 7) is 6.55. The van der Waals surface area contributed by atoms with Gasteiger partial charge in [-0.05, 0) is 86.4 Å². The Morgan fingerprint density at radius 1 is 1.08 bits per heavy atom. The molecule has 4 aliphatic rings. The van der Waals surface area contributed by atoms with E-state index in [4.69, 9.17) is 0 Å². The molecular weight excluding hydrogens is 300 g/mol. The van der Waals surface area contributed by atoms with Gasteiger partial charge in [-0.15, -0.1) is 0 Å². The smallest absolute Gasteiger partial charge is 0.137 e. The van der Waals surface area contributed by atoms with E-state index in [1.165, 1.54) is 12.8 Å². The molecule has 0 bridgehead atoms. The molecule has 2 N–H and O–H groups in total. The van der Waals surface area contributed by atoms with Gasteiger partial charge in [-0.25, -0.2) is 0 Å². The third-order valence-electron chi connectivity index (χ3n) is 8.98. The molecule has 4 fully saturated rings. The van der Waals surface area contributed by atoms with Crippen molar-refractivity contribution >= 4 is 5.78 Å². The predicted octanol–water partition coefficient (Wildman–Crippen LogP) is 3.57. The van der Waals surface area contributed by atoms with Gasteiger partial charge in [-0.1, -0.05) is 13.8 Å². The minimum atomic E-state index is -0.305. The van der Waals surface area contributed by atoms with Crippen LogP contribution in [0.15, 0.2) is 0 Å². The van der Waals surface area contributed by atoms with Crippen LogP contribution in [0.1, 0.15) is 72.1 Å². The molecular formula is C21H34O3. The Bertz CT molecular complexity index is 529. The molecule has 0 aliphatic heterocycles. The Morgan fingerprint density at radius 2 is 1.83 bits per heavy atom. The second kappa shape index (κ2) is 5.54. The van der Waals surface area contributed by atoms with Crippen molar-refractivity contribution < 1.29 is 15.0 Å². The van der Waals surface area contributed by atoms with Crippen LogP contribution < -0.4 is 0 Å². The van der Waals surface area contributed by atoms with Crippen molar-refractivity contribution in [3.63, 3.8) is 0 Å². The summed E-state index contributed by atoms with van der Waals surface area (Å²) in [5.74, 6) is 2.58. The first-order chi connectivity index (χ1) is 11.3. The molecule has 4 saturated carbocycles. The molecule has 9 atom stereocenters. The number of carbonyl (C=O) groups excluding carboxylic acids is 1. The summed E-state index contributed by atoms with van der Waals surface area (Å²) in [4.78, 5) is 13.3. The van der Waals surface area contributed by atoms with Crippen LogP contribution >= 0.6 is 0 Å². The van der Waals surface area contributed by atoms with Crippen molar-refractivity contribution in [1.29, 1.82) is 0 Å². The lowest BCUT2D eigenvalue weighted by atomic mass is 9.44. The van der Waals surface area contributed by atoms with Gasteiger partial charge < -0.3 is 10.2 Å². The van der Waals surface area contributed by atoms with Gasteiger partial charge >= 0.3 is 0 Å². The fourth-order valence-corrected chi connectivity index (χ4v) is 7.88. The molecule has 0 radical (unpaired) electrons. The van der Waals surface area contributed by atoms with Gasteiger partial charge in [0.1, 0.15) is 5.78 Å². The van der Waals surface area contributed by atoms with Crippen LogP contribution in [0.3, 0.4) is 0 Å². The second-order valence-corrected chi connectivity index (χ2v) is 10.0. The minimum Gasteiger partial charge on any atom is -0.393 e. The summed E-state index contributed by atoms with van der Waals surface area (Å²) in [6, 6.07) is 0. The topological polar surface area (TPSA) is 57.5 Å². The average Bonchev–Trinajstić information content (AvgIpc) is 2.84. The molecule has 24 heavy (non-hydrogen) atoms. The Labute approximate surface area is 146 Å². The van der Waals surface area contributed by atoms with Crippen LogP contribution in [0.4, 0.5) is 0 Å². The molecule has 0 aromatic heterocycles. The summed E-state index contributed by atoms with van der Waals surface area (Å²) in [6.07, 6.45) is 7.56. The zero-order valence-electron chi connectivity index (χ0n) is 15.5. The van der Waals surface area contributed by atoms with E-state index in [-0.39, 0.29) is 34.9 Å². The van der Waals surface area contributed by atoms with Crippen LogP contribution in [0.25, 0.3) is 0 Å². The first kappa shape index (κ1) is 17.0. The van der Waals surface area contributed by atoms with Crippen molar-refractivity contribution in [2.24, 2.45) is 40.4 Å². The fourth-order valence-electron chi connectivity index (χ4n) is 7.88. The molecule has 0 unspecified atom stereocenters. The van der Waals surface area contributed by atoms with Crippen molar-refractivity contribution in [2.45, 2.75) is 84.3 Å². The molecule has 3 nitrogen and oxygen atoms in total. The Kier molecular flexibility index (Phi) is 3.93. The van der Waals surface area contributed by atoms with Crippen molar-refractivity contribution in [2.75, 3.05) is 0 Å². The maximum Gasteiger partial charge on any atom is 0.137 e. The van der Waals surface area contributed by atoms with E-state index < -0.39 is 0 Å². The number of carbonyl (C=O) groups is 1. The Morgan fingerprint density at radius 3 is 2.54 bits per heavy atom. The van der Waals surface area contributed by atoms with E-state index in [0.29, 0.717) is 30.0 Å². The first-order valence-electron chi connectivity index (χ1n) is 10.2. The fraction of sp³-hybridized carbons (Fsp3) is 0.952. The molecule has 0 amide bonds. The maximum absolute atomic E-state index is 13.3. The van der Waals surface area contributed by atoms with E-state index in [9.17, 15) is 15.0 Å². The Balaban J connectivity index is 1.67. The lowest BCUT2D eigenvalue weighted by Crippen LogP contribution is -2.58. The maximum atomic E-state index is 13.3. The van der Waals surface area contributed by atoms with Crippen molar-refractivity contribution in [3.05, 3.63) is 0 Å². The van der Waals surface area contributed by atoms with Gasteiger partial charge in [0, 0.05) is 12.3 Å². The van der Waals surface area contributed by atoms with Crippen LogP contribution in [-0.4, -0.2) is 28.2 Å². The van der Waals surface area contributed by atoms with Crippen molar-refractivity contribution in [3.8, 4) is 0 Å². The number of hydrogen-bond acceptors (Lipinski definition) is 3. The number of rotatable bonds is 1. The third kappa shape index (κ3) is 2.19. The largest absolute Gasteiger partial charge is 0.393 e. The number of fused-ring (bicyclic) bond motifs is 5. The van der Waals surface area contributed by atoms with Crippen LogP contribution in [0.2, 0.25) is 0 Å². The highest BCUT2D eigenvalue weighted by atomic mass is 16.3. The zero-order chi connectivity index (χ0) is 17.3. The molecule has 0 saturated heterocycles. The molecule has 136 valence electrons. The second-order valence-electron chi connectivity index (χ2n) is 10.0. The van der Waals surface area contributed by atoms with Gasteiger partial charge in [0.15, 0.2) is 0 Å². The summed E-state index contributed by atoms with van der Waals surface area (Å²) in [5.41, 5.74) is 0.104. The highest BCUT2D eigenvalue weighted by molar-refractivity contribution is 5.84. The van der Waals surface area contributed by atoms with Gasteiger partial charge in [0.05, 0.1) is 12.2 Å². The molecule has 3 heteroatoms. The SMILES string of the molecule is C[C@H](O)[C@@H]1CC[C@H]2[C@@H]3CC[C@@H]4C[C@@H](O)CC[C@]4(C)[C@H]3C(=O)C[C@@]21C. The lowest BCUT2D eigenvalue weighted by molar-refractivity contribution is -0.163. The van der Waals surface area contributed by atoms with Crippen LogP contribution in [0, 0.1) is 40.4 Å². The quantitative estimate of drug-likeness (QED) is 0.771. The molecule has 0 heterocycles. The van der Waals surface area contributed by atoms with Gasteiger partial charge in [0.2, 0.25) is 0 Å². The van der Waals surface area contributed by atoms with E-state index >= 15 is 0 Å². The van der Waals surface area contributed by atoms with Crippen LogP contribution in [0.5, 0.6) is 0 Å². The highest BCUT2D eigenvalue weighted by Gasteiger charge is 2.63. The van der Waals surface area contributed by atoms with Crippen LogP contribution in [-0.2, 0) is 4.79 Å². The lowest BCUT2D eigenvalue weighted by Gasteiger charge is -2.60. The third-order valence-corrected chi connectivity index (χ3v) is 8.98. The number of aliphatic hydroxyl groups excluding tert-OH is 2. The van der Waals surface area contributed by atoms with Crippen molar-refractivity contribution in [1.82, 2.24) is 0 Å². The normalized spacial score (nSPS) is 55.5. The molecule has 0 aromatic rings. The molecule has 0 spiro atoms. The van der Waals surface area contributed by atoms with Gasteiger partial charge in [-0.3, -0.25) is 4.79 Å². The summed E-state index contributed by atoms with van der Waals surface area (Å²) in [7, 11) is 0. The van der Waals surface area contributed by atoms with Gasteiger partial charge in [-0.2, -0.15) is 0 Å². The number of aliphatic hydroxyl groups is 2. The average molecular weight is 335 g/mol. The number of ketones is 1. The molecule has 4 aliphatic carbocycles. The predicted molar refractivity (Wildman–Crippen MR) is 93.3 cm³/mol. The van der Waals surface area contributed by atoms with Gasteiger partial charge in [0.25, 0.3) is 0 Å². The monoisotopic (exact) mass is 334 g/mol. The summed E-state index contributed by atoms with van der Waals surface area (Å²) >= 11 is 0. The minimum absolute atomic E-state index is 0.00376. The highest BCUT2D eigenvalue weighted by Crippen LogP contribution is 2.66. The first-order valence-corrected chi connectivity index (χ1v) is 10.2. The van der Waals surface area contributed by atoms with E-state index in [1.54, 1.807) is 0 Å². The summed E-state index contributed by atoms with van der Waals surface area (Å²) in [5, 5.41) is 20.4. The standard InChI is InChI=1S/C21H34O3/c1-12(22)16-6-7-17-15-5-4-13-10-14(23)8-9-20(13,2)19(15)18(24)11-21(16,17)3/h12-17,19,22-23H,4-11H2,1-3H3/t12-,13+,14-,15-,16-,17-,19+,20-,21+/m0/s1. The van der Waals surface area contributed by atoms with E-state index in [0.717, 1.165) is 32.1 Å². The molecule has 0 aromatic carbocycles. The zero-order valence-corrected chi connectivity index (χ0v) is 15.5. The molecule has 4 rings (SSSR count). The number of Topliss-reactive ketones (excluding diaryl/α,β-unsaturated/α-hetero) is 1. The number of hydrogen-bond donors (Lipinski definition) is 2. The summed E-state index contributed by atoms with van der Waals surface area (Å²) < 4.78 is 0. The van der Waals surface area contributed by atoms with E-state index in [2.05, 4.69) is 13.8 Å².